The number of rotatable bonds is 5. The summed E-state index contributed by atoms with van der Waals surface area (Å²) in [6.45, 7) is 7.57. The molecule has 2 aromatic rings. The van der Waals surface area contributed by atoms with E-state index in [0.29, 0.717) is 12.2 Å². The highest BCUT2D eigenvalue weighted by molar-refractivity contribution is 6.15. The minimum atomic E-state index is -1.27. The number of aliphatic hydroxyl groups excluding tert-OH is 1. The molecule has 1 saturated heterocycles. The first-order valence-electron chi connectivity index (χ1n) is 8.76. The predicted molar refractivity (Wildman–Crippen MR) is 98.9 cm³/mol. The number of nitrogens with one attached hydrogen (secondary N) is 1. The summed E-state index contributed by atoms with van der Waals surface area (Å²) in [5, 5.41) is 12.2. The molecule has 0 unspecified atom stereocenters. The first kappa shape index (κ1) is 18.9. The average Bonchev–Trinajstić information content (AvgIpc) is 2.91. The van der Waals surface area contributed by atoms with Crippen LogP contribution in [0.1, 0.15) is 39.4 Å². The number of anilines is 1. The van der Waals surface area contributed by atoms with Crippen molar-refractivity contribution in [2.75, 3.05) is 11.9 Å². The van der Waals surface area contributed by atoms with Crippen LogP contribution in [0.2, 0.25) is 0 Å². The molecule has 0 bridgehead atoms. The van der Waals surface area contributed by atoms with Crippen LogP contribution in [0.5, 0.6) is 0 Å². The molecule has 3 rings (SSSR count). The van der Waals surface area contributed by atoms with Gasteiger partial charge in [-0.2, -0.15) is 0 Å². The monoisotopic (exact) mass is 373 g/mol. The van der Waals surface area contributed by atoms with E-state index in [0.717, 1.165) is 16.9 Å². The Balaban J connectivity index is 1.88. The molecule has 1 aromatic carbocycles. The maximum atomic E-state index is 12.0. The highest BCUT2D eigenvalue weighted by Crippen LogP contribution is 2.26. The number of imidazole rings is 1. The van der Waals surface area contributed by atoms with Gasteiger partial charge in [0, 0.05) is 38.2 Å². The lowest BCUT2D eigenvalue weighted by Crippen LogP contribution is -2.42. The molecule has 0 radical (unpaired) electrons. The second kappa shape index (κ2) is 7.03. The Kier molecular flexibility index (Phi) is 4.93. The van der Waals surface area contributed by atoms with E-state index in [1.807, 2.05) is 36.6 Å². The summed E-state index contributed by atoms with van der Waals surface area (Å²) < 4.78 is 12.1. The number of nitrogens with zero attached hydrogens (tertiary/aromatic N) is 2. The second-order valence-electron chi connectivity index (χ2n) is 7.08. The lowest BCUT2D eigenvalue weighted by molar-refractivity contribution is -0.222. The molecule has 2 N–H and O–H groups in total. The summed E-state index contributed by atoms with van der Waals surface area (Å²) in [4.78, 5) is 28.6. The first-order valence-corrected chi connectivity index (χ1v) is 8.76. The van der Waals surface area contributed by atoms with Crippen molar-refractivity contribution in [3.8, 4) is 0 Å². The zero-order valence-corrected chi connectivity index (χ0v) is 15.8. The van der Waals surface area contributed by atoms with Gasteiger partial charge in [0.1, 0.15) is 5.82 Å². The van der Waals surface area contributed by atoms with E-state index in [4.69, 9.17) is 9.47 Å². The molecule has 27 heavy (non-hydrogen) atoms. The van der Waals surface area contributed by atoms with Gasteiger partial charge in [0.15, 0.2) is 5.57 Å². The van der Waals surface area contributed by atoms with Crippen LogP contribution < -0.4 is 5.32 Å². The van der Waals surface area contributed by atoms with Crippen LogP contribution in [0.3, 0.4) is 0 Å². The van der Waals surface area contributed by atoms with E-state index in [9.17, 15) is 14.7 Å². The van der Waals surface area contributed by atoms with Crippen LogP contribution in [-0.4, -0.2) is 39.0 Å². The van der Waals surface area contributed by atoms with Gasteiger partial charge in [-0.05, 0) is 18.2 Å². The third-order valence-corrected chi connectivity index (χ3v) is 4.12. The lowest BCUT2D eigenvalue weighted by atomic mass is 10.2. The highest BCUT2D eigenvalue weighted by Gasteiger charge is 2.38. The smallest absolute Gasteiger partial charge is 0.350 e. The minimum Gasteiger partial charge on any atom is -0.419 e. The molecule has 0 spiro atoms. The van der Waals surface area contributed by atoms with E-state index in [1.54, 1.807) is 0 Å². The van der Waals surface area contributed by atoms with Crippen LogP contribution in [-0.2, 0) is 25.6 Å². The van der Waals surface area contributed by atoms with Gasteiger partial charge in [0.25, 0.3) is 5.79 Å². The third kappa shape index (κ3) is 3.80. The number of cyclic esters (lactones) is 2. The minimum absolute atomic E-state index is 0.0256. The molecule has 1 fully saturated rings. The van der Waals surface area contributed by atoms with Gasteiger partial charge in [-0.25, -0.2) is 14.6 Å². The zero-order valence-electron chi connectivity index (χ0n) is 15.8. The number of carbonyl (C=O) groups excluding carboxylic acids is 2. The van der Waals surface area contributed by atoms with E-state index in [-0.39, 0.29) is 18.1 Å². The number of hydrogen-bond donors (Lipinski definition) is 2. The zero-order chi connectivity index (χ0) is 19.8. The number of esters is 2. The topological polar surface area (TPSA) is 103 Å². The SMILES string of the molecule is CC(C)c1nc2cc(NC=C3C(=O)OC(C)(C)OC3=O)ccc2n1CCO. The van der Waals surface area contributed by atoms with Gasteiger partial charge in [0.05, 0.1) is 17.6 Å². The standard InChI is InChI=1S/C19H23N3O5/c1-11(2)16-21-14-9-12(5-6-15(14)22(16)7-8-23)20-10-13-17(24)26-19(3,4)27-18(13)25/h5-6,9-11,20,23H,7-8H2,1-4H3. The van der Waals surface area contributed by atoms with E-state index >= 15 is 0 Å². The quantitative estimate of drug-likeness (QED) is 0.471. The normalized spacial score (nSPS) is 16.4. The molecule has 1 aliphatic rings. The molecule has 1 aromatic heterocycles. The summed E-state index contributed by atoms with van der Waals surface area (Å²) in [6.07, 6.45) is 1.27. The summed E-state index contributed by atoms with van der Waals surface area (Å²) in [6, 6.07) is 5.50. The molecule has 0 saturated carbocycles. The number of fused-ring (bicyclic) bond motifs is 1. The Hall–Kier alpha value is -2.87. The van der Waals surface area contributed by atoms with Crippen molar-refractivity contribution in [2.24, 2.45) is 0 Å². The van der Waals surface area contributed by atoms with Crippen molar-refractivity contribution in [1.29, 1.82) is 0 Å². The van der Waals surface area contributed by atoms with Crippen LogP contribution >= 0.6 is 0 Å². The molecular weight excluding hydrogens is 350 g/mol. The molecule has 1 aliphatic heterocycles. The van der Waals surface area contributed by atoms with Crippen molar-refractivity contribution in [3.63, 3.8) is 0 Å². The Bertz CT molecular complexity index is 905. The van der Waals surface area contributed by atoms with E-state index < -0.39 is 17.7 Å². The van der Waals surface area contributed by atoms with Crippen molar-refractivity contribution in [2.45, 2.75) is 45.9 Å². The lowest BCUT2D eigenvalue weighted by Gasteiger charge is -2.29. The predicted octanol–water partition coefficient (Wildman–Crippen LogP) is 2.28. The molecule has 8 nitrogen and oxygen atoms in total. The molecule has 144 valence electrons. The fraction of sp³-hybridized carbons (Fsp3) is 0.421. The molecule has 0 atom stereocenters. The van der Waals surface area contributed by atoms with E-state index in [2.05, 4.69) is 10.3 Å². The molecule has 8 heteroatoms. The van der Waals surface area contributed by atoms with E-state index in [1.165, 1.54) is 20.0 Å². The summed E-state index contributed by atoms with van der Waals surface area (Å²) in [5.41, 5.74) is 2.11. The number of aliphatic hydroxyl groups is 1. The number of ether oxygens (including phenoxy) is 2. The van der Waals surface area contributed by atoms with Crippen molar-refractivity contribution >= 4 is 28.7 Å². The Labute approximate surface area is 156 Å². The second-order valence-corrected chi connectivity index (χ2v) is 7.08. The number of hydrogen-bond acceptors (Lipinski definition) is 7. The van der Waals surface area contributed by atoms with Gasteiger partial charge in [-0.3, -0.25) is 0 Å². The van der Waals surface area contributed by atoms with Gasteiger partial charge in [-0.1, -0.05) is 13.8 Å². The summed E-state index contributed by atoms with van der Waals surface area (Å²) in [7, 11) is 0. The molecule has 0 aliphatic carbocycles. The van der Waals surface area contributed by atoms with Crippen molar-refractivity contribution in [1.82, 2.24) is 9.55 Å². The molecule has 2 heterocycles. The molecule has 0 amide bonds. The summed E-state index contributed by atoms with van der Waals surface area (Å²) in [5.74, 6) is -1.65. The molecular formula is C19H23N3O5. The average molecular weight is 373 g/mol. The van der Waals surface area contributed by atoms with Gasteiger partial charge < -0.3 is 24.5 Å². The van der Waals surface area contributed by atoms with Crippen LogP contribution in [0.15, 0.2) is 30.0 Å². The fourth-order valence-electron chi connectivity index (χ4n) is 2.95. The van der Waals surface area contributed by atoms with Crippen molar-refractivity contribution < 1.29 is 24.2 Å². The first-order chi connectivity index (χ1) is 12.7. The third-order valence-electron chi connectivity index (χ3n) is 4.12. The van der Waals surface area contributed by atoms with Gasteiger partial charge in [-0.15, -0.1) is 0 Å². The summed E-state index contributed by atoms with van der Waals surface area (Å²) >= 11 is 0. The van der Waals surface area contributed by atoms with Crippen LogP contribution in [0.25, 0.3) is 11.0 Å². The Morgan fingerprint density at radius 3 is 2.52 bits per heavy atom. The van der Waals surface area contributed by atoms with Crippen LogP contribution in [0, 0.1) is 0 Å². The van der Waals surface area contributed by atoms with Crippen LogP contribution in [0.4, 0.5) is 5.69 Å². The maximum Gasteiger partial charge on any atom is 0.350 e. The Morgan fingerprint density at radius 2 is 1.93 bits per heavy atom. The van der Waals surface area contributed by atoms with Gasteiger partial charge in [0.2, 0.25) is 0 Å². The number of carbonyl (C=O) groups is 2. The fourth-order valence-corrected chi connectivity index (χ4v) is 2.95. The largest absolute Gasteiger partial charge is 0.419 e. The highest BCUT2D eigenvalue weighted by atomic mass is 16.7. The Morgan fingerprint density at radius 1 is 1.26 bits per heavy atom. The number of benzene rings is 1. The maximum absolute atomic E-state index is 12.0. The van der Waals surface area contributed by atoms with Gasteiger partial charge >= 0.3 is 11.9 Å². The number of aromatic nitrogens is 2. The van der Waals surface area contributed by atoms with Crippen molar-refractivity contribution in [3.05, 3.63) is 35.8 Å².